The number of ether oxygens (including phenoxy) is 1. The Morgan fingerprint density at radius 2 is 2.00 bits per heavy atom. The Labute approximate surface area is 150 Å². The van der Waals surface area contributed by atoms with Crippen molar-refractivity contribution in [2.24, 2.45) is 0 Å². The van der Waals surface area contributed by atoms with Crippen LogP contribution in [-0.4, -0.2) is 71.5 Å². The summed E-state index contributed by atoms with van der Waals surface area (Å²) in [6.45, 7) is 2.22. The maximum absolute atomic E-state index is 12.3. The van der Waals surface area contributed by atoms with E-state index in [1.165, 1.54) is 4.90 Å². The molecule has 3 rings (SSSR count). The van der Waals surface area contributed by atoms with E-state index in [-0.39, 0.29) is 30.3 Å². The van der Waals surface area contributed by atoms with Gasteiger partial charge in [0.25, 0.3) is 5.56 Å². The normalized spacial score (nSPS) is 14.4. The number of aromatic nitrogens is 2. The van der Waals surface area contributed by atoms with Gasteiger partial charge >= 0.3 is 0 Å². The zero-order valence-electron chi connectivity index (χ0n) is 14.7. The number of aryl methyl sites for hydroxylation is 1. The number of likely N-dealkylation sites (N-methyl/N-ethyl adjacent to an activating group) is 1. The number of carbonyl (C=O) groups is 2. The molecule has 0 aliphatic carbocycles. The van der Waals surface area contributed by atoms with Crippen LogP contribution >= 0.6 is 0 Å². The summed E-state index contributed by atoms with van der Waals surface area (Å²) in [5.74, 6) is 0.221. The number of rotatable bonds is 5. The number of H-pyrrole nitrogens is 1. The highest BCUT2D eigenvalue weighted by Crippen LogP contribution is 2.07. The molecular weight excluding hydrogens is 336 g/mol. The second kappa shape index (κ2) is 8.09. The first-order chi connectivity index (χ1) is 12.5. The molecule has 0 atom stereocenters. The summed E-state index contributed by atoms with van der Waals surface area (Å²) in [7, 11) is 1.61. The number of para-hydroxylation sites is 1. The number of amides is 2. The predicted molar refractivity (Wildman–Crippen MR) is 95.7 cm³/mol. The molecule has 0 unspecified atom stereocenters. The van der Waals surface area contributed by atoms with Crippen LogP contribution in [-0.2, 0) is 20.7 Å². The summed E-state index contributed by atoms with van der Waals surface area (Å²) in [6, 6.07) is 7.07. The van der Waals surface area contributed by atoms with Crippen LogP contribution in [0.15, 0.2) is 29.1 Å². The fraction of sp³-hybridized carbons (Fsp3) is 0.444. The van der Waals surface area contributed by atoms with E-state index in [1.54, 1.807) is 30.1 Å². The van der Waals surface area contributed by atoms with Crippen LogP contribution in [0.5, 0.6) is 0 Å². The minimum absolute atomic E-state index is 0.0422. The summed E-state index contributed by atoms with van der Waals surface area (Å²) in [6.07, 6.45) is 0.489. The molecule has 1 aliphatic heterocycles. The molecule has 2 amide bonds. The van der Waals surface area contributed by atoms with Crippen molar-refractivity contribution in [3.63, 3.8) is 0 Å². The van der Waals surface area contributed by atoms with Gasteiger partial charge in [-0.1, -0.05) is 12.1 Å². The average molecular weight is 358 g/mol. The zero-order chi connectivity index (χ0) is 18.5. The highest BCUT2D eigenvalue weighted by atomic mass is 16.5. The smallest absolute Gasteiger partial charge is 0.258 e. The van der Waals surface area contributed by atoms with Gasteiger partial charge in [-0.3, -0.25) is 14.4 Å². The van der Waals surface area contributed by atoms with Crippen molar-refractivity contribution in [3.8, 4) is 0 Å². The first kappa shape index (κ1) is 18.1. The molecule has 8 heteroatoms. The van der Waals surface area contributed by atoms with Gasteiger partial charge in [0.1, 0.15) is 5.82 Å². The lowest BCUT2D eigenvalue weighted by Crippen LogP contribution is -2.46. The maximum atomic E-state index is 12.3. The predicted octanol–water partition coefficient (Wildman–Crippen LogP) is 0.173. The van der Waals surface area contributed by atoms with E-state index in [0.29, 0.717) is 49.5 Å². The largest absolute Gasteiger partial charge is 0.378 e. The molecule has 1 fully saturated rings. The van der Waals surface area contributed by atoms with Gasteiger partial charge in [0.15, 0.2) is 0 Å². The lowest BCUT2D eigenvalue weighted by atomic mass is 10.2. The SMILES string of the molecule is CN(CC(=O)N1CCOCC1)C(=O)CCc1nc2ccccc2c(=O)[nH]1. The van der Waals surface area contributed by atoms with Gasteiger partial charge in [-0.05, 0) is 12.1 Å². The number of aromatic amines is 1. The topological polar surface area (TPSA) is 95.6 Å². The number of fused-ring (bicyclic) bond motifs is 1. The summed E-state index contributed by atoms with van der Waals surface area (Å²) in [5.41, 5.74) is 0.392. The van der Waals surface area contributed by atoms with E-state index < -0.39 is 0 Å². The fourth-order valence-corrected chi connectivity index (χ4v) is 2.87. The van der Waals surface area contributed by atoms with Crippen molar-refractivity contribution in [2.75, 3.05) is 39.9 Å². The number of benzene rings is 1. The van der Waals surface area contributed by atoms with Crippen LogP contribution in [0.4, 0.5) is 0 Å². The number of morpholine rings is 1. The minimum Gasteiger partial charge on any atom is -0.378 e. The van der Waals surface area contributed by atoms with Gasteiger partial charge < -0.3 is 19.5 Å². The Balaban J connectivity index is 1.56. The van der Waals surface area contributed by atoms with Crippen molar-refractivity contribution in [1.82, 2.24) is 19.8 Å². The molecule has 26 heavy (non-hydrogen) atoms. The fourth-order valence-electron chi connectivity index (χ4n) is 2.87. The van der Waals surface area contributed by atoms with Crippen molar-refractivity contribution < 1.29 is 14.3 Å². The third-order valence-corrected chi connectivity index (χ3v) is 4.40. The number of hydrogen-bond acceptors (Lipinski definition) is 5. The van der Waals surface area contributed by atoms with Gasteiger partial charge in [0.05, 0.1) is 30.7 Å². The van der Waals surface area contributed by atoms with Crippen LogP contribution in [0.2, 0.25) is 0 Å². The van der Waals surface area contributed by atoms with Gasteiger partial charge in [0, 0.05) is 33.0 Å². The number of hydrogen-bond donors (Lipinski definition) is 1. The molecular formula is C18H22N4O4. The Morgan fingerprint density at radius 1 is 1.27 bits per heavy atom. The van der Waals surface area contributed by atoms with Gasteiger partial charge in [-0.2, -0.15) is 0 Å². The van der Waals surface area contributed by atoms with E-state index in [2.05, 4.69) is 9.97 Å². The lowest BCUT2D eigenvalue weighted by Gasteiger charge is -2.28. The molecule has 2 heterocycles. The van der Waals surface area contributed by atoms with E-state index in [4.69, 9.17) is 4.74 Å². The molecule has 0 radical (unpaired) electrons. The number of nitrogens with zero attached hydrogens (tertiary/aromatic N) is 3. The molecule has 138 valence electrons. The van der Waals surface area contributed by atoms with Crippen molar-refractivity contribution >= 4 is 22.7 Å². The van der Waals surface area contributed by atoms with Gasteiger partial charge in [0.2, 0.25) is 11.8 Å². The van der Waals surface area contributed by atoms with Gasteiger partial charge in [-0.15, -0.1) is 0 Å². The molecule has 1 aromatic carbocycles. The molecule has 0 bridgehead atoms. The van der Waals surface area contributed by atoms with Crippen LogP contribution in [0, 0.1) is 0 Å². The maximum Gasteiger partial charge on any atom is 0.258 e. The Hall–Kier alpha value is -2.74. The highest BCUT2D eigenvalue weighted by molar-refractivity contribution is 5.84. The summed E-state index contributed by atoms with van der Waals surface area (Å²) >= 11 is 0. The summed E-state index contributed by atoms with van der Waals surface area (Å²) in [4.78, 5) is 46.8. The molecule has 1 saturated heterocycles. The molecule has 1 aromatic heterocycles. The molecule has 2 aromatic rings. The second-order valence-electron chi connectivity index (χ2n) is 6.27. The number of nitrogens with one attached hydrogen (secondary N) is 1. The average Bonchev–Trinajstić information content (AvgIpc) is 2.66. The van der Waals surface area contributed by atoms with E-state index in [1.807, 2.05) is 6.07 Å². The van der Waals surface area contributed by atoms with Crippen LogP contribution in [0.25, 0.3) is 10.9 Å². The summed E-state index contributed by atoms with van der Waals surface area (Å²) < 4.78 is 5.22. The van der Waals surface area contributed by atoms with Crippen LogP contribution in [0.1, 0.15) is 12.2 Å². The second-order valence-corrected chi connectivity index (χ2v) is 6.27. The molecule has 0 spiro atoms. The Bertz CT molecular complexity index is 858. The van der Waals surface area contributed by atoms with Crippen molar-refractivity contribution in [3.05, 3.63) is 40.4 Å². The highest BCUT2D eigenvalue weighted by Gasteiger charge is 2.20. The van der Waals surface area contributed by atoms with E-state index >= 15 is 0 Å². The Morgan fingerprint density at radius 3 is 2.77 bits per heavy atom. The van der Waals surface area contributed by atoms with Crippen molar-refractivity contribution in [2.45, 2.75) is 12.8 Å². The number of carbonyl (C=O) groups excluding carboxylic acids is 2. The Kier molecular flexibility index (Phi) is 5.62. The van der Waals surface area contributed by atoms with E-state index in [9.17, 15) is 14.4 Å². The first-order valence-electron chi connectivity index (χ1n) is 8.62. The van der Waals surface area contributed by atoms with Crippen LogP contribution in [0.3, 0.4) is 0 Å². The molecule has 1 N–H and O–H groups in total. The minimum atomic E-state index is -0.214. The third kappa shape index (κ3) is 4.26. The zero-order valence-corrected chi connectivity index (χ0v) is 14.7. The monoisotopic (exact) mass is 358 g/mol. The molecule has 0 saturated carbocycles. The van der Waals surface area contributed by atoms with E-state index in [0.717, 1.165) is 0 Å². The summed E-state index contributed by atoms with van der Waals surface area (Å²) in [5, 5.41) is 0.524. The van der Waals surface area contributed by atoms with Crippen LogP contribution < -0.4 is 5.56 Å². The van der Waals surface area contributed by atoms with Gasteiger partial charge in [-0.25, -0.2) is 4.98 Å². The standard InChI is InChI=1S/C18H22N4O4/c1-21(12-17(24)22-8-10-26-11-9-22)16(23)7-6-15-19-14-5-3-2-4-13(14)18(25)20-15/h2-5H,6-12H2,1H3,(H,19,20,25). The first-order valence-corrected chi connectivity index (χ1v) is 8.62. The third-order valence-electron chi connectivity index (χ3n) is 4.40. The lowest BCUT2D eigenvalue weighted by molar-refractivity contribution is -0.141. The molecule has 1 aliphatic rings. The van der Waals surface area contributed by atoms with Crippen molar-refractivity contribution in [1.29, 1.82) is 0 Å². The quantitative estimate of drug-likeness (QED) is 0.822. The molecule has 8 nitrogen and oxygen atoms in total.